The fourth-order valence-corrected chi connectivity index (χ4v) is 2.89. The smallest absolute Gasteiger partial charge is 0.223 e. The third kappa shape index (κ3) is 4.80. The number of hydrogen-bond donors (Lipinski definition) is 3. The van der Waals surface area contributed by atoms with Gasteiger partial charge in [-0.1, -0.05) is 12.5 Å². The third-order valence-corrected chi connectivity index (χ3v) is 4.16. The van der Waals surface area contributed by atoms with Crippen molar-refractivity contribution < 1.29 is 9.59 Å². The molecule has 1 aromatic rings. The van der Waals surface area contributed by atoms with Gasteiger partial charge in [0.2, 0.25) is 11.8 Å². The van der Waals surface area contributed by atoms with Gasteiger partial charge in [-0.05, 0) is 36.9 Å². The molecule has 1 aliphatic carbocycles. The molecule has 0 aromatic carbocycles. The molecule has 6 heteroatoms. The summed E-state index contributed by atoms with van der Waals surface area (Å²) in [5.41, 5.74) is 6.64. The molecule has 2 amide bonds. The first-order valence-corrected chi connectivity index (χ1v) is 7.84. The molecule has 0 saturated heterocycles. The van der Waals surface area contributed by atoms with Gasteiger partial charge < -0.3 is 16.4 Å². The molecule has 2 atom stereocenters. The van der Waals surface area contributed by atoms with Gasteiger partial charge in [-0.25, -0.2) is 0 Å². The lowest BCUT2D eigenvalue weighted by atomic mass is 9.95. The van der Waals surface area contributed by atoms with E-state index in [0.717, 1.165) is 24.8 Å². The van der Waals surface area contributed by atoms with Crippen molar-refractivity contribution in [3.63, 3.8) is 0 Å². The van der Waals surface area contributed by atoms with E-state index in [1.165, 1.54) is 0 Å². The number of carbonyl (C=O) groups excluding carboxylic acids is 2. The summed E-state index contributed by atoms with van der Waals surface area (Å²) >= 11 is 0. The van der Waals surface area contributed by atoms with E-state index in [1.807, 2.05) is 12.1 Å². The summed E-state index contributed by atoms with van der Waals surface area (Å²) in [5.74, 6) is 0.266. The first-order chi connectivity index (χ1) is 10.7. The zero-order valence-corrected chi connectivity index (χ0v) is 12.8. The molecule has 120 valence electrons. The Morgan fingerprint density at radius 1 is 1.32 bits per heavy atom. The number of rotatable bonds is 7. The van der Waals surface area contributed by atoms with Gasteiger partial charge in [-0.2, -0.15) is 0 Å². The molecule has 1 fully saturated rings. The minimum Gasteiger partial charge on any atom is -0.355 e. The van der Waals surface area contributed by atoms with Crippen LogP contribution in [0.1, 0.15) is 31.2 Å². The quantitative estimate of drug-likeness (QED) is 0.686. The highest BCUT2D eigenvalue weighted by Gasteiger charge is 2.31. The summed E-state index contributed by atoms with van der Waals surface area (Å²) in [6.45, 7) is 1.38. The van der Waals surface area contributed by atoms with Crippen molar-refractivity contribution in [2.45, 2.75) is 32.2 Å². The molecule has 1 aromatic heterocycles. The second-order valence-corrected chi connectivity index (χ2v) is 5.71. The largest absolute Gasteiger partial charge is 0.355 e. The van der Waals surface area contributed by atoms with Crippen LogP contribution in [0.25, 0.3) is 0 Å². The summed E-state index contributed by atoms with van der Waals surface area (Å²) < 4.78 is 0. The monoisotopic (exact) mass is 304 g/mol. The molecule has 1 saturated carbocycles. The average Bonchev–Trinajstić information content (AvgIpc) is 3.02. The molecule has 0 radical (unpaired) electrons. The summed E-state index contributed by atoms with van der Waals surface area (Å²) in [6, 6.07) is 3.74. The number of nitrogens with zero attached hydrogens (tertiary/aromatic N) is 1. The highest BCUT2D eigenvalue weighted by atomic mass is 16.2. The van der Waals surface area contributed by atoms with Crippen LogP contribution in [0.4, 0.5) is 0 Å². The van der Waals surface area contributed by atoms with Crippen LogP contribution in [0.3, 0.4) is 0 Å². The van der Waals surface area contributed by atoms with Crippen LogP contribution in [-0.4, -0.2) is 29.9 Å². The summed E-state index contributed by atoms with van der Waals surface area (Å²) in [6.07, 6.45) is 6.69. The number of carbonyl (C=O) groups is 2. The molecular weight excluding hydrogens is 280 g/mol. The Labute approximate surface area is 130 Å². The van der Waals surface area contributed by atoms with Gasteiger partial charge in [0.15, 0.2) is 0 Å². The fourth-order valence-electron chi connectivity index (χ4n) is 2.89. The summed E-state index contributed by atoms with van der Waals surface area (Å²) in [4.78, 5) is 27.8. The van der Waals surface area contributed by atoms with Crippen molar-refractivity contribution in [2.75, 3.05) is 13.1 Å². The zero-order chi connectivity index (χ0) is 15.8. The Balaban J connectivity index is 1.63. The van der Waals surface area contributed by atoms with Crippen LogP contribution in [0.15, 0.2) is 24.5 Å². The highest BCUT2D eigenvalue weighted by molar-refractivity contribution is 5.80. The van der Waals surface area contributed by atoms with E-state index < -0.39 is 0 Å². The highest BCUT2D eigenvalue weighted by Crippen LogP contribution is 2.30. The van der Waals surface area contributed by atoms with E-state index in [0.29, 0.717) is 25.6 Å². The number of hydrogen-bond acceptors (Lipinski definition) is 4. The molecule has 6 nitrogen and oxygen atoms in total. The number of nitrogens with two attached hydrogens (primary N) is 1. The molecule has 0 unspecified atom stereocenters. The predicted molar refractivity (Wildman–Crippen MR) is 83.6 cm³/mol. The van der Waals surface area contributed by atoms with E-state index >= 15 is 0 Å². The lowest BCUT2D eigenvalue weighted by molar-refractivity contribution is -0.126. The second kappa shape index (κ2) is 8.48. The van der Waals surface area contributed by atoms with Gasteiger partial charge in [0.25, 0.3) is 0 Å². The molecule has 22 heavy (non-hydrogen) atoms. The normalized spacial score (nSPS) is 20.6. The third-order valence-electron chi connectivity index (χ3n) is 4.16. The van der Waals surface area contributed by atoms with Crippen LogP contribution in [0.2, 0.25) is 0 Å². The van der Waals surface area contributed by atoms with Gasteiger partial charge in [0, 0.05) is 37.8 Å². The van der Waals surface area contributed by atoms with Crippen LogP contribution in [-0.2, 0) is 16.1 Å². The van der Waals surface area contributed by atoms with Gasteiger partial charge in [-0.3, -0.25) is 14.6 Å². The Kier molecular flexibility index (Phi) is 6.33. The van der Waals surface area contributed by atoms with E-state index in [1.54, 1.807) is 12.4 Å². The van der Waals surface area contributed by atoms with Crippen molar-refractivity contribution in [3.8, 4) is 0 Å². The first kappa shape index (κ1) is 16.4. The van der Waals surface area contributed by atoms with Gasteiger partial charge >= 0.3 is 0 Å². The Bertz CT molecular complexity index is 492. The standard InChI is InChI=1S/C16H24N4O2/c17-9-13-4-1-5-14(13)16(22)19-8-6-15(21)20-11-12-3-2-7-18-10-12/h2-3,7,10,13-14H,1,4-6,8-9,11,17H2,(H,19,22)(H,20,21)/t13-,14-/m1/s1. The lowest BCUT2D eigenvalue weighted by Crippen LogP contribution is -2.37. The molecule has 0 bridgehead atoms. The maximum absolute atomic E-state index is 12.1. The van der Waals surface area contributed by atoms with Crippen molar-refractivity contribution in [3.05, 3.63) is 30.1 Å². The molecule has 2 rings (SSSR count). The van der Waals surface area contributed by atoms with Crippen molar-refractivity contribution in [1.82, 2.24) is 15.6 Å². The fraction of sp³-hybridized carbons (Fsp3) is 0.562. The van der Waals surface area contributed by atoms with Gasteiger partial charge in [-0.15, -0.1) is 0 Å². The van der Waals surface area contributed by atoms with Crippen LogP contribution in [0.5, 0.6) is 0 Å². The van der Waals surface area contributed by atoms with E-state index in [2.05, 4.69) is 15.6 Å². The molecular formula is C16H24N4O2. The van der Waals surface area contributed by atoms with Gasteiger partial charge in [0.05, 0.1) is 0 Å². The molecule has 0 aliphatic heterocycles. The van der Waals surface area contributed by atoms with E-state index in [9.17, 15) is 9.59 Å². The number of nitrogens with one attached hydrogen (secondary N) is 2. The maximum atomic E-state index is 12.1. The minimum atomic E-state index is -0.0778. The van der Waals surface area contributed by atoms with Crippen molar-refractivity contribution in [2.24, 2.45) is 17.6 Å². The van der Waals surface area contributed by atoms with Crippen LogP contribution >= 0.6 is 0 Å². The van der Waals surface area contributed by atoms with Crippen molar-refractivity contribution in [1.29, 1.82) is 0 Å². The summed E-state index contributed by atoms with van der Waals surface area (Å²) in [7, 11) is 0. The van der Waals surface area contributed by atoms with Crippen LogP contribution in [0, 0.1) is 11.8 Å². The van der Waals surface area contributed by atoms with Gasteiger partial charge in [0.1, 0.15) is 0 Å². The Hall–Kier alpha value is -1.95. The Morgan fingerprint density at radius 3 is 2.91 bits per heavy atom. The zero-order valence-electron chi connectivity index (χ0n) is 12.8. The topological polar surface area (TPSA) is 97.1 Å². The average molecular weight is 304 g/mol. The summed E-state index contributed by atoms with van der Waals surface area (Å²) in [5, 5.41) is 5.66. The number of amides is 2. The van der Waals surface area contributed by atoms with E-state index in [-0.39, 0.29) is 24.2 Å². The Morgan fingerprint density at radius 2 is 2.18 bits per heavy atom. The molecule has 0 spiro atoms. The number of pyridine rings is 1. The predicted octanol–water partition coefficient (Wildman–Crippen LogP) is 0.579. The van der Waals surface area contributed by atoms with Crippen molar-refractivity contribution >= 4 is 11.8 Å². The number of aromatic nitrogens is 1. The SMILES string of the molecule is NC[C@H]1CCC[C@H]1C(=O)NCCC(=O)NCc1cccnc1. The maximum Gasteiger partial charge on any atom is 0.223 e. The first-order valence-electron chi connectivity index (χ1n) is 7.84. The molecule has 4 N–H and O–H groups in total. The van der Waals surface area contributed by atoms with Crippen LogP contribution < -0.4 is 16.4 Å². The molecule has 1 aliphatic rings. The molecule has 1 heterocycles. The lowest BCUT2D eigenvalue weighted by Gasteiger charge is -2.17. The van der Waals surface area contributed by atoms with E-state index in [4.69, 9.17) is 5.73 Å². The second-order valence-electron chi connectivity index (χ2n) is 5.71. The minimum absolute atomic E-state index is 0.0171.